The smallest absolute Gasteiger partial charge is 0.230 e. The maximum atomic E-state index is 14.4. The SMILES string of the molecule is CC1(C(=O)Nc2ccc3c(c2F)CCNC3)CCC1. The van der Waals surface area contributed by atoms with E-state index in [9.17, 15) is 9.18 Å². The van der Waals surface area contributed by atoms with Gasteiger partial charge in [-0.3, -0.25) is 4.79 Å². The minimum atomic E-state index is -0.302. The van der Waals surface area contributed by atoms with Crippen molar-refractivity contribution >= 4 is 11.6 Å². The van der Waals surface area contributed by atoms with Gasteiger partial charge in [-0.1, -0.05) is 19.4 Å². The topological polar surface area (TPSA) is 41.1 Å². The minimum absolute atomic E-state index is 0.0495. The van der Waals surface area contributed by atoms with Crippen LogP contribution in [0, 0.1) is 11.2 Å². The molecule has 0 bridgehead atoms. The van der Waals surface area contributed by atoms with Gasteiger partial charge in [-0.25, -0.2) is 4.39 Å². The van der Waals surface area contributed by atoms with E-state index in [4.69, 9.17) is 0 Å². The molecule has 2 aliphatic rings. The van der Waals surface area contributed by atoms with E-state index < -0.39 is 0 Å². The molecule has 1 heterocycles. The quantitative estimate of drug-likeness (QED) is 0.860. The van der Waals surface area contributed by atoms with Gasteiger partial charge in [0, 0.05) is 12.0 Å². The van der Waals surface area contributed by atoms with E-state index in [2.05, 4.69) is 10.6 Å². The Morgan fingerprint density at radius 2 is 2.21 bits per heavy atom. The monoisotopic (exact) mass is 262 g/mol. The maximum absolute atomic E-state index is 14.4. The average Bonchev–Trinajstić information content (AvgIpc) is 2.39. The first-order valence-electron chi connectivity index (χ1n) is 6.93. The molecule has 1 fully saturated rings. The van der Waals surface area contributed by atoms with Crippen molar-refractivity contribution in [2.24, 2.45) is 5.41 Å². The number of amides is 1. The van der Waals surface area contributed by atoms with Crippen molar-refractivity contribution in [2.75, 3.05) is 11.9 Å². The Kier molecular flexibility index (Phi) is 3.05. The van der Waals surface area contributed by atoms with E-state index in [0.717, 1.165) is 36.9 Å². The predicted molar refractivity (Wildman–Crippen MR) is 72.4 cm³/mol. The molecule has 1 aromatic rings. The van der Waals surface area contributed by atoms with Gasteiger partial charge < -0.3 is 10.6 Å². The summed E-state index contributed by atoms with van der Waals surface area (Å²) in [5, 5.41) is 5.99. The highest BCUT2D eigenvalue weighted by Crippen LogP contribution is 2.41. The Labute approximate surface area is 112 Å². The first kappa shape index (κ1) is 12.6. The fourth-order valence-electron chi connectivity index (χ4n) is 2.84. The summed E-state index contributed by atoms with van der Waals surface area (Å²) in [7, 11) is 0. The Balaban J connectivity index is 1.83. The number of rotatable bonds is 2. The summed E-state index contributed by atoms with van der Waals surface area (Å²) < 4.78 is 14.4. The van der Waals surface area contributed by atoms with Crippen molar-refractivity contribution in [3.05, 3.63) is 29.1 Å². The molecule has 0 spiro atoms. The van der Waals surface area contributed by atoms with E-state index >= 15 is 0 Å². The molecular formula is C15H19FN2O. The zero-order valence-corrected chi connectivity index (χ0v) is 11.2. The third-order valence-corrected chi connectivity index (χ3v) is 4.46. The second-order valence-corrected chi connectivity index (χ2v) is 5.86. The fraction of sp³-hybridized carbons (Fsp3) is 0.533. The molecule has 1 aliphatic heterocycles. The van der Waals surface area contributed by atoms with Crippen molar-refractivity contribution in [3.8, 4) is 0 Å². The lowest BCUT2D eigenvalue weighted by Crippen LogP contribution is -2.39. The highest BCUT2D eigenvalue weighted by molar-refractivity contribution is 5.95. The van der Waals surface area contributed by atoms with Crippen molar-refractivity contribution < 1.29 is 9.18 Å². The lowest BCUT2D eigenvalue weighted by Gasteiger charge is -2.36. The van der Waals surface area contributed by atoms with Crippen LogP contribution in [0.25, 0.3) is 0 Å². The molecule has 3 nitrogen and oxygen atoms in total. The Morgan fingerprint density at radius 1 is 1.42 bits per heavy atom. The van der Waals surface area contributed by atoms with E-state index in [1.165, 1.54) is 0 Å². The number of carbonyl (C=O) groups excluding carboxylic acids is 1. The molecule has 19 heavy (non-hydrogen) atoms. The van der Waals surface area contributed by atoms with Crippen LogP contribution in [-0.4, -0.2) is 12.5 Å². The van der Waals surface area contributed by atoms with Crippen molar-refractivity contribution in [3.63, 3.8) is 0 Å². The van der Waals surface area contributed by atoms with Crippen LogP contribution in [0.2, 0.25) is 0 Å². The molecule has 1 aliphatic carbocycles. The predicted octanol–water partition coefficient (Wildman–Crippen LogP) is 2.60. The number of benzene rings is 1. The van der Waals surface area contributed by atoms with Crippen LogP contribution in [0.5, 0.6) is 0 Å². The molecular weight excluding hydrogens is 243 g/mol. The molecule has 102 valence electrons. The van der Waals surface area contributed by atoms with Crippen LogP contribution in [0.15, 0.2) is 12.1 Å². The van der Waals surface area contributed by atoms with Gasteiger partial charge in [0.1, 0.15) is 5.82 Å². The highest BCUT2D eigenvalue weighted by atomic mass is 19.1. The minimum Gasteiger partial charge on any atom is -0.323 e. The van der Waals surface area contributed by atoms with Crippen LogP contribution in [0.4, 0.5) is 10.1 Å². The van der Waals surface area contributed by atoms with Gasteiger partial charge in [-0.05, 0) is 43.0 Å². The van der Waals surface area contributed by atoms with E-state index in [1.54, 1.807) is 6.07 Å². The van der Waals surface area contributed by atoms with Gasteiger partial charge in [0.15, 0.2) is 0 Å². The third kappa shape index (κ3) is 2.14. The van der Waals surface area contributed by atoms with Crippen LogP contribution in [0.3, 0.4) is 0 Å². The van der Waals surface area contributed by atoms with E-state index in [0.29, 0.717) is 18.7 Å². The molecule has 1 amide bonds. The summed E-state index contributed by atoms with van der Waals surface area (Å²) in [5.41, 5.74) is 1.77. The van der Waals surface area contributed by atoms with E-state index in [1.807, 2.05) is 13.0 Å². The number of nitrogens with one attached hydrogen (secondary N) is 2. The average molecular weight is 262 g/mol. The van der Waals surface area contributed by atoms with Crippen molar-refractivity contribution in [2.45, 2.75) is 39.2 Å². The first-order valence-corrected chi connectivity index (χ1v) is 6.93. The Bertz CT molecular complexity index is 523. The Morgan fingerprint density at radius 3 is 2.89 bits per heavy atom. The summed E-state index contributed by atoms with van der Waals surface area (Å²) in [6.45, 7) is 3.45. The van der Waals surface area contributed by atoms with Gasteiger partial charge >= 0.3 is 0 Å². The molecule has 1 aromatic carbocycles. The lowest BCUT2D eigenvalue weighted by atomic mass is 9.70. The standard InChI is InChI=1S/C15H19FN2O/c1-15(6-2-7-15)14(19)18-12-4-3-10-9-17-8-5-11(10)13(12)16/h3-4,17H,2,5-9H2,1H3,(H,18,19). The number of halogens is 1. The van der Waals surface area contributed by atoms with E-state index in [-0.39, 0.29) is 17.1 Å². The largest absolute Gasteiger partial charge is 0.323 e. The van der Waals surface area contributed by atoms with Crippen LogP contribution in [-0.2, 0) is 17.8 Å². The first-order chi connectivity index (χ1) is 9.10. The molecule has 1 saturated carbocycles. The number of anilines is 1. The zero-order valence-electron chi connectivity index (χ0n) is 11.2. The second kappa shape index (κ2) is 4.60. The van der Waals surface area contributed by atoms with Gasteiger partial charge in [0.2, 0.25) is 5.91 Å². The molecule has 0 aromatic heterocycles. The van der Waals surface area contributed by atoms with Crippen LogP contribution < -0.4 is 10.6 Å². The summed E-state index contributed by atoms with van der Waals surface area (Å²) >= 11 is 0. The summed E-state index contributed by atoms with van der Waals surface area (Å²) in [6, 6.07) is 3.59. The zero-order chi connectivity index (χ0) is 13.5. The number of hydrogen-bond acceptors (Lipinski definition) is 2. The fourth-order valence-corrected chi connectivity index (χ4v) is 2.84. The molecule has 0 atom stereocenters. The second-order valence-electron chi connectivity index (χ2n) is 5.86. The van der Waals surface area contributed by atoms with Gasteiger partial charge in [-0.15, -0.1) is 0 Å². The summed E-state index contributed by atoms with van der Waals surface area (Å²) in [5.74, 6) is -0.304. The van der Waals surface area contributed by atoms with Crippen LogP contribution in [0.1, 0.15) is 37.3 Å². The molecule has 0 radical (unpaired) electrons. The molecule has 4 heteroatoms. The van der Waals surface area contributed by atoms with Crippen molar-refractivity contribution in [1.82, 2.24) is 5.32 Å². The third-order valence-electron chi connectivity index (χ3n) is 4.46. The van der Waals surface area contributed by atoms with Crippen LogP contribution >= 0.6 is 0 Å². The highest BCUT2D eigenvalue weighted by Gasteiger charge is 2.39. The van der Waals surface area contributed by atoms with Gasteiger partial charge in [0.05, 0.1) is 5.69 Å². The number of carbonyl (C=O) groups is 1. The van der Waals surface area contributed by atoms with Gasteiger partial charge in [-0.2, -0.15) is 0 Å². The molecule has 3 rings (SSSR count). The normalized spacial score (nSPS) is 20.3. The lowest BCUT2D eigenvalue weighted by molar-refractivity contribution is -0.128. The number of fused-ring (bicyclic) bond motifs is 1. The van der Waals surface area contributed by atoms with Crippen molar-refractivity contribution in [1.29, 1.82) is 0 Å². The molecule has 2 N–H and O–H groups in total. The number of hydrogen-bond donors (Lipinski definition) is 2. The summed E-state index contributed by atoms with van der Waals surface area (Å²) in [6.07, 6.45) is 3.56. The Hall–Kier alpha value is -1.42. The maximum Gasteiger partial charge on any atom is 0.230 e. The molecule has 0 saturated heterocycles. The summed E-state index contributed by atoms with van der Waals surface area (Å²) in [4.78, 5) is 12.1. The van der Waals surface area contributed by atoms with Gasteiger partial charge in [0.25, 0.3) is 0 Å². The molecule has 0 unspecified atom stereocenters.